The molecule has 0 fully saturated rings. The van der Waals surface area contributed by atoms with Crippen molar-refractivity contribution in [2.75, 3.05) is 0 Å². The minimum Gasteiger partial charge on any atom is -0.206 e. The van der Waals surface area contributed by atoms with Crippen molar-refractivity contribution in [3.8, 4) is 30.3 Å². The molecule has 2 aromatic carbocycles. The molecule has 0 aliphatic carbocycles. The molecular formula is C22H3F10N5. The largest absolute Gasteiger partial charge is 0.418 e. The van der Waals surface area contributed by atoms with Crippen LogP contribution in [0.1, 0.15) is 33.4 Å². The number of nitrogens with zero attached hydrogens (tertiary/aromatic N) is 5. The highest BCUT2D eigenvalue weighted by atomic mass is 19.4. The molecule has 0 aromatic heterocycles. The Morgan fingerprint density at radius 3 is 1.41 bits per heavy atom. The summed E-state index contributed by atoms with van der Waals surface area (Å²) in [4.78, 5) is 0. The van der Waals surface area contributed by atoms with E-state index >= 15 is 0 Å². The van der Waals surface area contributed by atoms with Crippen LogP contribution in [-0.4, -0.2) is 0 Å². The summed E-state index contributed by atoms with van der Waals surface area (Å²) in [7, 11) is 0. The third kappa shape index (κ3) is 5.15. The molecule has 0 N–H and O–H groups in total. The zero-order valence-electron chi connectivity index (χ0n) is 17.2. The molecule has 37 heavy (non-hydrogen) atoms. The predicted molar refractivity (Wildman–Crippen MR) is 99.3 cm³/mol. The van der Waals surface area contributed by atoms with E-state index in [1.54, 1.807) is 0 Å². The van der Waals surface area contributed by atoms with Crippen molar-refractivity contribution >= 4 is 11.1 Å². The van der Waals surface area contributed by atoms with Crippen LogP contribution in [-0.2, 0) is 18.5 Å². The third-order valence-electron chi connectivity index (χ3n) is 4.68. The summed E-state index contributed by atoms with van der Waals surface area (Å²) in [6.07, 6.45) is -16.9. The molecular weight excluding hydrogens is 524 g/mol. The van der Waals surface area contributed by atoms with Crippen LogP contribution in [0.3, 0.4) is 0 Å². The molecule has 15 heteroatoms. The van der Waals surface area contributed by atoms with Crippen molar-refractivity contribution < 1.29 is 43.9 Å². The summed E-state index contributed by atoms with van der Waals surface area (Å²) in [5.74, 6) is -2.02. The second-order valence-electron chi connectivity index (χ2n) is 6.78. The Kier molecular flexibility index (Phi) is 7.25. The van der Waals surface area contributed by atoms with Crippen molar-refractivity contribution in [1.82, 2.24) is 0 Å². The van der Waals surface area contributed by atoms with Gasteiger partial charge in [-0.1, -0.05) is 0 Å². The van der Waals surface area contributed by atoms with Crippen molar-refractivity contribution in [3.63, 3.8) is 0 Å². The second-order valence-corrected chi connectivity index (χ2v) is 6.78. The zero-order valence-corrected chi connectivity index (χ0v) is 17.2. The minimum absolute atomic E-state index is 0.00487. The zero-order chi connectivity index (χ0) is 28.5. The fraction of sp³-hybridized carbons (Fsp3) is 0.136. The number of halogens is 10. The molecule has 5 nitrogen and oxygen atoms in total. The van der Waals surface area contributed by atoms with E-state index in [-0.39, 0.29) is 18.2 Å². The highest BCUT2D eigenvalue weighted by Crippen LogP contribution is 2.41. The highest BCUT2D eigenvalue weighted by molar-refractivity contribution is 5.80. The van der Waals surface area contributed by atoms with Crippen LogP contribution >= 0.6 is 0 Å². The smallest absolute Gasteiger partial charge is 0.206 e. The molecule has 0 bridgehead atoms. The van der Waals surface area contributed by atoms with Gasteiger partial charge in [-0.15, -0.1) is 0 Å². The molecule has 2 rings (SSSR count). The van der Waals surface area contributed by atoms with Gasteiger partial charge in [0.25, 0.3) is 0 Å². The third-order valence-corrected chi connectivity index (χ3v) is 4.68. The van der Waals surface area contributed by atoms with Gasteiger partial charge in [0.1, 0.15) is 41.7 Å². The first-order valence-corrected chi connectivity index (χ1v) is 8.99. The first kappa shape index (κ1) is 28.2. The fourth-order valence-electron chi connectivity index (χ4n) is 3.26. The van der Waals surface area contributed by atoms with E-state index in [0.29, 0.717) is 0 Å². The van der Waals surface area contributed by atoms with Gasteiger partial charge in [-0.25, -0.2) is 4.39 Å². The van der Waals surface area contributed by atoms with Gasteiger partial charge in [-0.2, -0.15) is 65.8 Å². The van der Waals surface area contributed by atoms with E-state index in [1.807, 2.05) is 0 Å². The first-order chi connectivity index (χ1) is 17.0. The summed E-state index contributed by atoms with van der Waals surface area (Å²) in [6, 6.07) is 4.42. The van der Waals surface area contributed by atoms with Crippen LogP contribution < -0.4 is 10.4 Å². The quantitative estimate of drug-likeness (QED) is 0.505. The normalized spacial score (nSPS) is 12.4. The minimum atomic E-state index is -5.68. The number of nitriles is 5. The van der Waals surface area contributed by atoms with Gasteiger partial charge in [0.15, 0.2) is 0 Å². The Labute approximate surface area is 198 Å². The van der Waals surface area contributed by atoms with Crippen LogP contribution in [0.15, 0.2) is 18.2 Å². The molecule has 186 valence electrons. The van der Waals surface area contributed by atoms with Gasteiger partial charge in [-0.3, -0.25) is 0 Å². The maximum Gasteiger partial charge on any atom is 0.418 e. The van der Waals surface area contributed by atoms with Crippen molar-refractivity contribution in [1.29, 1.82) is 26.3 Å². The number of alkyl halides is 9. The Bertz CT molecular complexity index is 1590. The maximum absolute atomic E-state index is 14.8. The van der Waals surface area contributed by atoms with Gasteiger partial charge < -0.3 is 0 Å². The molecule has 0 radical (unpaired) electrons. The first-order valence-electron chi connectivity index (χ1n) is 8.99. The SMILES string of the molecule is N#CC(C#N)=c1c(F)c/c(=C(\C#N)c2cc(C(F)(F)F)c(C#N)c(C(F)(F)F)c2)c(C#N)c1C(F)(F)F. The fourth-order valence-corrected chi connectivity index (χ4v) is 3.26. The second kappa shape index (κ2) is 9.53. The number of hydrogen-bond acceptors (Lipinski definition) is 5. The lowest BCUT2D eigenvalue weighted by molar-refractivity contribution is -0.143. The topological polar surface area (TPSA) is 119 Å². The number of benzene rings is 2. The lowest BCUT2D eigenvalue weighted by atomic mass is 9.91. The molecule has 0 aliphatic heterocycles. The summed E-state index contributed by atoms with van der Waals surface area (Å²) in [5, 5.41) is 42.5. The van der Waals surface area contributed by atoms with Gasteiger partial charge in [0.05, 0.1) is 38.6 Å². The van der Waals surface area contributed by atoms with E-state index in [9.17, 15) is 54.4 Å². The van der Waals surface area contributed by atoms with Crippen LogP contribution in [0.2, 0.25) is 0 Å². The number of hydrogen-bond donors (Lipinski definition) is 0. The summed E-state index contributed by atoms with van der Waals surface area (Å²) in [5.41, 5.74) is -14.4. The van der Waals surface area contributed by atoms with Crippen LogP contribution in [0.25, 0.3) is 11.1 Å². The molecule has 0 aliphatic rings. The van der Waals surface area contributed by atoms with E-state index in [1.165, 1.54) is 0 Å². The molecule has 0 atom stereocenters. The summed E-state index contributed by atoms with van der Waals surface area (Å²) in [6.45, 7) is 0. The van der Waals surface area contributed by atoms with E-state index in [0.717, 1.165) is 30.3 Å². The van der Waals surface area contributed by atoms with Crippen LogP contribution in [0, 0.1) is 62.5 Å². The Morgan fingerprint density at radius 2 is 1.08 bits per heavy atom. The molecule has 0 saturated heterocycles. The van der Waals surface area contributed by atoms with E-state index in [4.69, 9.17) is 15.8 Å². The Hall–Kier alpha value is -5.07. The van der Waals surface area contributed by atoms with E-state index in [2.05, 4.69) is 0 Å². The average Bonchev–Trinajstić information content (AvgIpc) is 2.78. The van der Waals surface area contributed by atoms with E-state index < -0.39 is 79.3 Å². The van der Waals surface area contributed by atoms with Gasteiger partial charge in [0.2, 0.25) is 0 Å². The van der Waals surface area contributed by atoms with Crippen molar-refractivity contribution in [2.24, 2.45) is 0 Å². The standard InChI is InChI=1S/C22H3F10N5/c23-17-3-11(13(7-36)19(22(30,31)32)18(17)10(4-33)5-34)12(6-35)9-1-15(20(24,25)26)14(8-37)16(2-9)21(27,28)29/h1-3H/b12-11-. The van der Waals surface area contributed by atoms with Crippen molar-refractivity contribution in [3.05, 3.63) is 67.8 Å². The highest BCUT2D eigenvalue weighted by Gasteiger charge is 2.42. The molecule has 0 heterocycles. The molecule has 2 aromatic rings. The van der Waals surface area contributed by atoms with Crippen LogP contribution in [0.4, 0.5) is 43.9 Å². The van der Waals surface area contributed by atoms with Gasteiger partial charge >= 0.3 is 18.5 Å². The predicted octanol–water partition coefficient (Wildman–Crippen LogP) is 4.55. The van der Waals surface area contributed by atoms with Crippen molar-refractivity contribution in [2.45, 2.75) is 18.5 Å². The summed E-state index contributed by atoms with van der Waals surface area (Å²) >= 11 is 0. The Balaban J connectivity index is 3.41. The van der Waals surface area contributed by atoms with Gasteiger partial charge in [-0.05, 0) is 23.8 Å². The maximum atomic E-state index is 14.8. The lowest BCUT2D eigenvalue weighted by Gasteiger charge is -2.17. The molecule has 0 saturated carbocycles. The molecule has 0 unspecified atom stereocenters. The lowest BCUT2D eigenvalue weighted by Crippen LogP contribution is -2.32. The molecule has 0 spiro atoms. The Morgan fingerprint density at radius 1 is 0.622 bits per heavy atom. The molecule has 0 amide bonds. The van der Waals surface area contributed by atoms with Crippen LogP contribution in [0.5, 0.6) is 0 Å². The summed E-state index contributed by atoms with van der Waals surface area (Å²) < 4.78 is 137. The number of rotatable bonds is 1. The average molecular weight is 527 g/mol. The van der Waals surface area contributed by atoms with Gasteiger partial charge in [0, 0.05) is 5.22 Å². The monoisotopic (exact) mass is 527 g/mol.